The third-order valence-electron chi connectivity index (χ3n) is 5.32. The summed E-state index contributed by atoms with van der Waals surface area (Å²) in [6.07, 6.45) is 1.97. The van der Waals surface area contributed by atoms with E-state index in [4.69, 9.17) is 4.74 Å². The lowest BCUT2D eigenvalue weighted by atomic mass is 10.0. The van der Waals surface area contributed by atoms with Crippen molar-refractivity contribution >= 4 is 34.1 Å². The maximum Gasteiger partial charge on any atom is 0.341 e. The van der Waals surface area contributed by atoms with Gasteiger partial charge in [-0.05, 0) is 56.2 Å². The van der Waals surface area contributed by atoms with E-state index in [0.29, 0.717) is 29.8 Å². The first kappa shape index (κ1) is 20.5. The summed E-state index contributed by atoms with van der Waals surface area (Å²) < 4.78 is 18.5. The zero-order valence-corrected chi connectivity index (χ0v) is 17.2. The van der Waals surface area contributed by atoms with E-state index < -0.39 is 11.8 Å². The fourth-order valence-electron chi connectivity index (χ4n) is 3.76. The molecular weight excluding hydrogens is 399 g/mol. The highest BCUT2D eigenvalue weighted by atomic mass is 19.1. The molecule has 0 saturated carbocycles. The van der Waals surface area contributed by atoms with Gasteiger partial charge in [0, 0.05) is 34.8 Å². The van der Waals surface area contributed by atoms with Crippen molar-refractivity contribution < 1.29 is 23.5 Å². The molecule has 4 rings (SSSR count). The number of hydrogen-bond donors (Lipinski definition) is 1. The number of hydrogen-bond acceptors (Lipinski definition) is 4. The van der Waals surface area contributed by atoms with E-state index in [1.165, 1.54) is 42.3 Å². The van der Waals surface area contributed by atoms with Crippen molar-refractivity contribution in [2.75, 3.05) is 13.2 Å². The van der Waals surface area contributed by atoms with E-state index >= 15 is 0 Å². The third kappa shape index (κ3) is 3.86. The predicted molar refractivity (Wildman–Crippen MR) is 114 cm³/mol. The Morgan fingerprint density at radius 3 is 2.48 bits per heavy atom. The lowest BCUT2D eigenvalue weighted by Crippen LogP contribution is -2.28. The third-order valence-corrected chi connectivity index (χ3v) is 5.32. The fourth-order valence-corrected chi connectivity index (χ4v) is 3.76. The standard InChI is InChI=1S/C24H21FN2O4/c1-3-31-24(30)20-13-27(23(29)15-4-7-17(25)8-5-15)11-10-19-18-9-6-16(14(2)28)12-21(18)26-22(19)20/h4-9,12-13,26H,3,10-11H2,1-2H3. The van der Waals surface area contributed by atoms with Gasteiger partial charge in [0.05, 0.1) is 17.9 Å². The number of aromatic nitrogens is 1. The molecule has 6 nitrogen and oxygen atoms in total. The van der Waals surface area contributed by atoms with E-state index in [9.17, 15) is 18.8 Å². The summed E-state index contributed by atoms with van der Waals surface area (Å²) in [5, 5.41) is 0.881. The summed E-state index contributed by atoms with van der Waals surface area (Å²) in [7, 11) is 0. The smallest absolute Gasteiger partial charge is 0.341 e. The van der Waals surface area contributed by atoms with Crippen LogP contribution in [0.1, 0.15) is 45.8 Å². The van der Waals surface area contributed by atoms with Crippen molar-refractivity contribution in [2.45, 2.75) is 20.3 Å². The van der Waals surface area contributed by atoms with Gasteiger partial charge in [0.1, 0.15) is 5.82 Å². The second-order valence-corrected chi connectivity index (χ2v) is 7.31. The number of nitrogens with zero attached hydrogens (tertiary/aromatic N) is 1. The van der Waals surface area contributed by atoms with Crippen LogP contribution in [-0.2, 0) is 16.0 Å². The highest BCUT2D eigenvalue weighted by molar-refractivity contribution is 6.18. The summed E-state index contributed by atoms with van der Waals surface area (Å²) in [6.45, 7) is 3.72. The number of rotatable bonds is 4. The van der Waals surface area contributed by atoms with Crippen LogP contribution in [0.4, 0.5) is 4.39 Å². The number of fused-ring (bicyclic) bond motifs is 3. The molecule has 0 radical (unpaired) electrons. The zero-order valence-electron chi connectivity index (χ0n) is 17.2. The molecule has 3 aromatic rings. The van der Waals surface area contributed by atoms with Gasteiger partial charge in [-0.3, -0.25) is 9.59 Å². The Kier molecular flexibility index (Phi) is 5.42. The van der Waals surface area contributed by atoms with Gasteiger partial charge in [-0.25, -0.2) is 9.18 Å². The van der Waals surface area contributed by atoms with Gasteiger partial charge in [-0.2, -0.15) is 0 Å². The summed E-state index contributed by atoms with van der Waals surface area (Å²) in [5.74, 6) is -1.37. The Bertz CT molecular complexity index is 1220. The van der Waals surface area contributed by atoms with Crippen molar-refractivity contribution in [3.05, 3.63) is 76.9 Å². The number of nitrogens with one attached hydrogen (secondary N) is 1. The van der Waals surface area contributed by atoms with Crippen LogP contribution in [0.2, 0.25) is 0 Å². The molecule has 1 aromatic heterocycles. The van der Waals surface area contributed by atoms with Crippen molar-refractivity contribution in [3.8, 4) is 0 Å². The monoisotopic (exact) mass is 420 g/mol. The number of amides is 1. The van der Waals surface area contributed by atoms with Gasteiger partial charge in [0.25, 0.3) is 5.91 Å². The number of halogens is 1. The van der Waals surface area contributed by atoms with E-state index in [-0.39, 0.29) is 23.9 Å². The first-order chi connectivity index (χ1) is 14.9. The summed E-state index contributed by atoms with van der Waals surface area (Å²) >= 11 is 0. The van der Waals surface area contributed by atoms with Crippen LogP contribution in [0.5, 0.6) is 0 Å². The SMILES string of the molecule is CCOC(=O)C1=CN(C(=O)c2ccc(F)cc2)CCc2c1[nH]c1cc(C(C)=O)ccc21. The normalized spacial score (nSPS) is 13.4. The number of esters is 1. The van der Waals surface area contributed by atoms with Gasteiger partial charge in [-0.1, -0.05) is 12.1 Å². The van der Waals surface area contributed by atoms with E-state index in [1.807, 2.05) is 6.07 Å². The van der Waals surface area contributed by atoms with Crippen molar-refractivity contribution in [1.82, 2.24) is 9.88 Å². The molecule has 1 amide bonds. The molecule has 1 aliphatic rings. The fraction of sp³-hybridized carbons (Fsp3) is 0.208. The van der Waals surface area contributed by atoms with Gasteiger partial charge in [-0.15, -0.1) is 0 Å². The molecule has 0 fully saturated rings. The molecule has 2 aromatic carbocycles. The molecule has 1 N–H and O–H groups in total. The number of carbonyl (C=O) groups is 3. The number of benzene rings is 2. The highest BCUT2D eigenvalue weighted by Gasteiger charge is 2.28. The summed E-state index contributed by atoms with van der Waals surface area (Å²) in [4.78, 5) is 42.2. The molecule has 0 saturated heterocycles. The Balaban J connectivity index is 1.80. The van der Waals surface area contributed by atoms with Crippen LogP contribution < -0.4 is 0 Å². The quantitative estimate of drug-likeness (QED) is 0.509. The molecule has 158 valence electrons. The van der Waals surface area contributed by atoms with Crippen LogP contribution in [-0.4, -0.2) is 40.7 Å². The molecule has 7 heteroatoms. The Morgan fingerprint density at radius 2 is 1.81 bits per heavy atom. The second-order valence-electron chi connectivity index (χ2n) is 7.31. The van der Waals surface area contributed by atoms with Crippen LogP contribution in [0.3, 0.4) is 0 Å². The maximum atomic E-state index is 13.3. The molecule has 0 unspecified atom stereocenters. The minimum atomic E-state index is -0.555. The van der Waals surface area contributed by atoms with E-state index in [0.717, 1.165) is 16.5 Å². The van der Waals surface area contributed by atoms with Gasteiger partial charge in [0.15, 0.2) is 5.78 Å². The first-order valence-electron chi connectivity index (χ1n) is 10.0. The Hall–Kier alpha value is -3.74. The van der Waals surface area contributed by atoms with Gasteiger partial charge in [0.2, 0.25) is 0 Å². The summed E-state index contributed by atoms with van der Waals surface area (Å²) in [5.41, 5.74) is 3.31. The lowest BCUT2D eigenvalue weighted by molar-refractivity contribution is -0.136. The molecule has 1 aliphatic heterocycles. The van der Waals surface area contributed by atoms with Gasteiger partial charge >= 0.3 is 5.97 Å². The van der Waals surface area contributed by atoms with Crippen LogP contribution >= 0.6 is 0 Å². The first-order valence-corrected chi connectivity index (χ1v) is 10.0. The number of ketones is 1. The van der Waals surface area contributed by atoms with Gasteiger partial charge < -0.3 is 14.6 Å². The van der Waals surface area contributed by atoms with Crippen molar-refractivity contribution in [2.24, 2.45) is 0 Å². The number of Topliss-reactive ketones (excluding diaryl/α,β-unsaturated/α-hetero) is 1. The molecule has 2 heterocycles. The zero-order chi connectivity index (χ0) is 22.1. The molecule has 0 atom stereocenters. The number of ether oxygens (including phenoxy) is 1. The average molecular weight is 420 g/mol. The van der Waals surface area contributed by atoms with Crippen LogP contribution in [0, 0.1) is 5.82 Å². The largest absolute Gasteiger partial charge is 0.462 e. The van der Waals surface area contributed by atoms with Crippen molar-refractivity contribution in [3.63, 3.8) is 0 Å². The minimum Gasteiger partial charge on any atom is -0.462 e. The average Bonchev–Trinajstić information content (AvgIpc) is 3.00. The number of carbonyl (C=O) groups excluding carboxylic acids is 3. The second kappa shape index (κ2) is 8.18. The molecule has 31 heavy (non-hydrogen) atoms. The Labute approximate surface area is 178 Å². The maximum absolute atomic E-state index is 13.3. The number of aromatic amines is 1. The topological polar surface area (TPSA) is 79.5 Å². The predicted octanol–water partition coefficient (Wildman–Crippen LogP) is 4.11. The lowest BCUT2D eigenvalue weighted by Gasteiger charge is -2.18. The summed E-state index contributed by atoms with van der Waals surface area (Å²) in [6, 6.07) is 10.6. The van der Waals surface area contributed by atoms with Crippen LogP contribution in [0.25, 0.3) is 16.5 Å². The molecular formula is C24H21FN2O4. The van der Waals surface area contributed by atoms with E-state index in [2.05, 4.69) is 4.98 Å². The van der Waals surface area contributed by atoms with Crippen LogP contribution in [0.15, 0.2) is 48.7 Å². The molecule has 0 aliphatic carbocycles. The molecule has 0 spiro atoms. The minimum absolute atomic E-state index is 0.0519. The number of H-pyrrole nitrogens is 1. The van der Waals surface area contributed by atoms with Crippen molar-refractivity contribution in [1.29, 1.82) is 0 Å². The van der Waals surface area contributed by atoms with E-state index in [1.54, 1.807) is 19.1 Å². The highest BCUT2D eigenvalue weighted by Crippen LogP contribution is 2.32. The molecule has 0 bridgehead atoms. The Morgan fingerprint density at radius 1 is 1.10 bits per heavy atom.